The molecule has 1 aliphatic heterocycles. The van der Waals surface area contributed by atoms with Crippen LogP contribution in [0.2, 0.25) is 5.02 Å². The van der Waals surface area contributed by atoms with E-state index in [0.29, 0.717) is 24.1 Å². The van der Waals surface area contributed by atoms with Crippen LogP contribution in [0.1, 0.15) is 11.3 Å². The normalized spacial score (nSPS) is 13.8. The van der Waals surface area contributed by atoms with E-state index in [4.69, 9.17) is 21.1 Å². The summed E-state index contributed by atoms with van der Waals surface area (Å²) in [7, 11) is 0. The number of halogens is 1. The number of ether oxygens (including phenoxy) is 2. The quantitative estimate of drug-likeness (QED) is 0.937. The van der Waals surface area contributed by atoms with E-state index in [-0.39, 0.29) is 11.7 Å². The summed E-state index contributed by atoms with van der Waals surface area (Å²) in [6.07, 6.45) is 1.32. The number of carbonyl (C=O) groups is 1. The SMILES string of the molecule is Cc1nn(-c2ccc(Cl)cc2)c(NC(=O)C2=COCCO2)c1C. The van der Waals surface area contributed by atoms with E-state index in [1.165, 1.54) is 6.26 Å². The van der Waals surface area contributed by atoms with Crippen LogP contribution in [-0.2, 0) is 14.3 Å². The predicted octanol–water partition coefficient (Wildman–Crippen LogP) is 2.97. The number of amides is 1. The fraction of sp³-hybridized carbons (Fsp3) is 0.250. The second-order valence-corrected chi connectivity index (χ2v) is 5.54. The number of aromatic nitrogens is 2. The molecular formula is C16H16ClN3O3. The molecule has 0 saturated heterocycles. The van der Waals surface area contributed by atoms with Gasteiger partial charge in [0.25, 0.3) is 5.91 Å². The summed E-state index contributed by atoms with van der Waals surface area (Å²) in [5.74, 6) is 0.366. The van der Waals surface area contributed by atoms with Gasteiger partial charge in [-0.15, -0.1) is 0 Å². The minimum Gasteiger partial charge on any atom is -0.494 e. The molecule has 2 aromatic rings. The molecule has 1 N–H and O–H groups in total. The number of hydrogen-bond acceptors (Lipinski definition) is 4. The molecule has 3 rings (SSSR count). The van der Waals surface area contributed by atoms with Gasteiger partial charge in [-0.1, -0.05) is 11.6 Å². The summed E-state index contributed by atoms with van der Waals surface area (Å²) < 4.78 is 12.1. The molecule has 1 aliphatic rings. The van der Waals surface area contributed by atoms with E-state index in [1.54, 1.807) is 16.8 Å². The molecule has 1 aromatic heterocycles. The number of anilines is 1. The number of nitrogens with one attached hydrogen (secondary N) is 1. The molecule has 0 radical (unpaired) electrons. The zero-order valence-corrected chi connectivity index (χ0v) is 13.6. The highest BCUT2D eigenvalue weighted by atomic mass is 35.5. The van der Waals surface area contributed by atoms with Crippen molar-refractivity contribution in [1.29, 1.82) is 0 Å². The molecule has 0 atom stereocenters. The molecule has 1 amide bonds. The Morgan fingerprint density at radius 2 is 2.00 bits per heavy atom. The largest absolute Gasteiger partial charge is 0.494 e. The Balaban J connectivity index is 1.93. The standard InChI is InChI=1S/C16H16ClN3O3/c1-10-11(2)19-20(13-5-3-12(17)4-6-13)15(10)18-16(21)14-9-22-7-8-23-14/h3-6,9H,7-8H2,1-2H3,(H,18,21). The summed E-state index contributed by atoms with van der Waals surface area (Å²) in [6.45, 7) is 4.58. The van der Waals surface area contributed by atoms with Gasteiger partial charge in [0, 0.05) is 10.6 Å². The minimum atomic E-state index is -0.372. The first-order valence-corrected chi connectivity index (χ1v) is 7.52. The van der Waals surface area contributed by atoms with Crippen molar-refractivity contribution >= 4 is 23.3 Å². The lowest BCUT2D eigenvalue weighted by atomic mass is 10.2. The zero-order valence-electron chi connectivity index (χ0n) is 12.8. The zero-order chi connectivity index (χ0) is 16.4. The van der Waals surface area contributed by atoms with Crippen LogP contribution in [0.3, 0.4) is 0 Å². The molecule has 0 saturated carbocycles. The minimum absolute atomic E-state index is 0.150. The number of aryl methyl sites for hydroxylation is 1. The van der Waals surface area contributed by atoms with Crippen LogP contribution in [0, 0.1) is 13.8 Å². The van der Waals surface area contributed by atoms with Gasteiger partial charge >= 0.3 is 0 Å². The van der Waals surface area contributed by atoms with Crippen LogP contribution >= 0.6 is 11.6 Å². The van der Waals surface area contributed by atoms with Crippen LogP contribution in [0.5, 0.6) is 0 Å². The Labute approximate surface area is 138 Å². The number of nitrogens with zero attached hydrogens (tertiary/aromatic N) is 2. The fourth-order valence-corrected chi connectivity index (χ4v) is 2.30. The summed E-state index contributed by atoms with van der Waals surface area (Å²) >= 11 is 5.92. The topological polar surface area (TPSA) is 65.4 Å². The van der Waals surface area contributed by atoms with Gasteiger partial charge < -0.3 is 14.8 Å². The monoisotopic (exact) mass is 333 g/mol. The van der Waals surface area contributed by atoms with Crippen LogP contribution < -0.4 is 5.32 Å². The summed E-state index contributed by atoms with van der Waals surface area (Å²) in [5, 5.41) is 7.95. The molecule has 0 spiro atoms. The molecule has 0 unspecified atom stereocenters. The van der Waals surface area contributed by atoms with Crippen molar-refractivity contribution in [1.82, 2.24) is 9.78 Å². The lowest BCUT2D eigenvalue weighted by molar-refractivity contribution is -0.117. The third-order valence-electron chi connectivity index (χ3n) is 3.54. The average Bonchev–Trinajstić information content (AvgIpc) is 2.85. The van der Waals surface area contributed by atoms with E-state index in [0.717, 1.165) is 16.9 Å². The van der Waals surface area contributed by atoms with Gasteiger partial charge in [-0.05, 0) is 38.1 Å². The van der Waals surface area contributed by atoms with E-state index < -0.39 is 0 Å². The summed E-state index contributed by atoms with van der Waals surface area (Å²) in [4.78, 5) is 12.3. The van der Waals surface area contributed by atoms with Crippen LogP contribution in [-0.4, -0.2) is 28.9 Å². The van der Waals surface area contributed by atoms with Crippen molar-refractivity contribution < 1.29 is 14.3 Å². The van der Waals surface area contributed by atoms with E-state index >= 15 is 0 Å². The first kappa shape index (κ1) is 15.4. The van der Waals surface area contributed by atoms with Crippen LogP contribution in [0.15, 0.2) is 36.3 Å². The van der Waals surface area contributed by atoms with Crippen LogP contribution in [0.4, 0.5) is 5.82 Å². The van der Waals surface area contributed by atoms with Crippen molar-refractivity contribution in [3.63, 3.8) is 0 Å². The fourth-order valence-electron chi connectivity index (χ4n) is 2.18. The maximum Gasteiger partial charge on any atom is 0.295 e. The van der Waals surface area contributed by atoms with Crippen molar-refractivity contribution in [2.24, 2.45) is 0 Å². The number of benzene rings is 1. The smallest absolute Gasteiger partial charge is 0.295 e. The molecule has 0 bridgehead atoms. The number of carbonyl (C=O) groups excluding carboxylic acids is 1. The Hall–Kier alpha value is -2.47. The highest BCUT2D eigenvalue weighted by molar-refractivity contribution is 6.30. The Morgan fingerprint density at radius 3 is 2.65 bits per heavy atom. The van der Waals surface area contributed by atoms with Gasteiger partial charge in [0.15, 0.2) is 0 Å². The summed E-state index contributed by atoms with van der Waals surface area (Å²) in [5.41, 5.74) is 2.51. The third kappa shape index (κ3) is 3.17. The maximum absolute atomic E-state index is 12.3. The highest BCUT2D eigenvalue weighted by Gasteiger charge is 2.20. The lowest BCUT2D eigenvalue weighted by Crippen LogP contribution is -2.22. The van der Waals surface area contributed by atoms with E-state index in [9.17, 15) is 4.79 Å². The predicted molar refractivity (Wildman–Crippen MR) is 86.7 cm³/mol. The van der Waals surface area contributed by atoms with Crippen molar-refractivity contribution in [2.45, 2.75) is 13.8 Å². The van der Waals surface area contributed by atoms with E-state index in [2.05, 4.69) is 10.4 Å². The van der Waals surface area contributed by atoms with Crippen LogP contribution in [0.25, 0.3) is 5.69 Å². The number of rotatable bonds is 3. The second kappa shape index (κ2) is 6.34. The van der Waals surface area contributed by atoms with Gasteiger partial charge in [-0.25, -0.2) is 4.68 Å². The lowest BCUT2D eigenvalue weighted by Gasteiger charge is -2.16. The number of hydrogen-bond donors (Lipinski definition) is 1. The first-order chi connectivity index (χ1) is 11.1. The molecule has 0 aliphatic carbocycles. The van der Waals surface area contributed by atoms with Gasteiger partial charge in [-0.3, -0.25) is 4.79 Å². The molecule has 6 nitrogen and oxygen atoms in total. The molecule has 1 aromatic carbocycles. The van der Waals surface area contributed by atoms with Gasteiger partial charge in [-0.2, -0.15) is 5.10 Å². The third-order valence-corrected chi connectivity index (χ3v) is 3.79. The molecule has 23 heavy (non-hydrogen) atoms. The van der Waals surface area contributed by atoms with Crippen molar-refractivity contribution in [3.8, 4) is 5.69 Å². The van der Waals surface area contributed by atoms with Gasteiger partial charge in [0.05, 0.1) is 11.4 Å². The molecule has 120 valence electrons. The highest BCUT2D eigenvalue weighted by Crippen LogP contribution is 2.24. The molecule has 2 heterocycles. The molecule has 7 heteroatoms. The Kier molecular flexibility index (Phi) is 4.25. The Morgan fingerprint density at radius 1 is 1.26 bits per heavy atom. The van der Waals surface area contributed by atoms with Crippen molar-refractivity contribution in [3.05, 3.63) is 52.6 Å². The van der Waals surface area contributed by atoms with Crippen molar-refractivity contribution in [2.75, 3.05) is 18.5 Å². The first-order valence-electron chi connectivity index (χ1n) is 7.14. The maximum atomic E-state index is 12.3. The molecular weight excluding hydrogens is 318 g/mol. The average molecular weight is 334 g/mol. The van der Waals surface area contributed by atoms with E-state index in [1.807, 2.05) is 26.0 Å². The van der Waals surface area contributed by atoms with Gasteiger partial charge in [0.2, 0.25) is 5.76 Å². The Bertz CT molecular complexity index is 766. The molecule has 0 fully saturated rings. The van der Waals surface area contributed by atoms with Gasteiger partial charge in [0.1, 0.15) is 25.3 Å². The second-order valence-electron chi connectivity index (χ2n) is 5.10. The summed E-state index contributed by atoms with van der Waals surface area (Å²) in [6, 6.07) is 7.22.